The second-order valence-corrected chi connectivity index (χ2v) is 7.23. The summed E-state index contributed by atoms with van der Waals surface area (Å²) in [7, 11) is 0. The maximum atomic E-state index is 11.5. The van der Waals surface area contributed by atoms with Gasteiger partial charge in [-0.3, -0.25) is 0 Å². The minimum Gasteiger partial charge on any atom is -0.478 e. The maximum Gasteiger partial charge on any atom is 0.335 e. The Labute approximate surface area is 174 Å². The monoisotopic (exact) mass is 389 g/mol. The van der Waals surface area contributed by atoms with Crippen LogP contribution < -0.4 is 0 Å². The van der Waals surface area contributed by atoms with Gasteiger partial charge in [0.05, 0.1) is 16.8 Å². The van der Waals surface area contributed by atoms with Gasteiger partial charge >= 0.3 is 5.97 Å². The van der Waals surface area contributed by atoms with Gasteiger partial charge in [0.25, 0.3) is 0 Å². The van der Waals surface area contributed by atoms with Crippen molar-refractivity contribution in [2.24, 2.45) is 0 Å². The number of fused-ring (bicyclic) bond motifs is 1. The highest BCUT2D eigenvalue weighted by atomic mass is 16.4. The molecule has 0 bridgehead atoms. The highest BCUT2D eigenvalue weighted by molar-refractivity contribution is 5.93. The molecule has 144 valence electrons. The molecule has 0 unspecified atom stereocenters. The lowest BCUT2D eigenvalue weighted by atomic mass is 10.0. The second kappa shape index (κ2) is 7.37. The van der Waals surface area contributed by atoms with E-state index in [4.69, 9.17) is 0 Å². The topological polar surface area (TPSA) is 42.2 Å². The summed E-state index contributed by atoms with van der Waals surface area (Å²) in [4.78, 5) is 11.5. The molecular weight excluding hydrogens is 370 g/mol. The summed E-state index contributed by atoms with van der Waals surface area (Å²) >= 11 is 0. The largest absolute Gasteiger partial charge is 0.478 e. The van der Waals surface area contributed by atoms with Crippen LogP contribution in [0.3, 0.4) is 0 Å². The quantitative estimate of drug-likeness (QED) is 0.373. The zero-order chi connectivity index (χ0) is 20.5. The Morgan fingerprint density at radius 2 is 1.33 bits per heavy atom. The van der Waals surface area contributed by atoms with Crippen molar-refractivity contribution in [3.05, 3.63) is 115 Å². The van der Waals surface area contributed by atoms with Crippen LogP contribution in [-0.4, -0.2) is 15.6 Å². The number of carbonyl (C=O) groups is 1. The molecule has 0 fully saturated rings. The number of hydrogen-bond acceptors (Lipinski definition) is 1. The van der Waals surface area contributed by atoms with Crippen LogP contribution in [-0.2, 0) is 0 Å². The lowest BCUT2D eigenvalue weighted by Crippen LogP contribution is -2.01. The summed E-state index contributed by atoms with van der Waals surface area (Å²) < 4.78 is 2.13. The third-order valence-corrected chi connectivity index (χ3v) is 5.33. The number of nitrogens with zero attached hydrogens (tertiary/aromatic N) is 1. The molecule has 0 atom stereocenters. The Morgan fingerprint density at radius 3 is 2.03 bits per heavy atom. The molecule has 4 aromatic carbocycles. The Kier molecular flexibility index (Phi) is 4.41. The fourth-order valence-electron chi connectivity index (χ4n) is 3.90. The Hall–Kier alpha value is -4.11. The van der Waals surface area contributed by atoms with Crippen molar-refractivity contribution in [2.45, 2.75) is 0 Å². The first-order valence-corrected chi connectivity index (χ1v) is 9.81. The minimum atomic E-state index is -0.930. The molecular formula is C27H19NO2. The van der Waals surface area contributed by atoms with Gasteiger partial charge in [0.2, 0.25) is 0 Å². The standard InChI is InChI=1S/C27H19NO2/c29-27(30)22-12-7-13-24(17-22)28-25-15-14-21(19-8-3-1-4-9-19)16-23(25)18-26(28)20-10-5-2-6-11-20/h1-18H,(H,29,30). The first-order valence-electron chi connectivity index (χ1n) is 9.81. The highest BCUT2D eigenvalue weighted by Crippen LogP contribution is 2.34. The lowest BCUT2D eigenvalue weighted by molar-refractivity contribution is 0.0697. The summed E-state index contributed by atoms with van der Waals surface area (Å²) in [6.07, 6.45) is 0. The fourth-order valence-corrected chi connectivity index (χ4v) is 3.90. The van der Waals surface area contributed by atoms with Crippen molar-refractivity contribution in [3.8, 4) is 28.1 Å². The highest BCUT2D eigenvalue weighted by Gasteiger charge is 2.14. The average Bonchev–Trinajstić information content (AvgIpc) is 3.19. The molecule has 0 aliphatic carbocycles. The summed E-state index contributed by atoms with van der Waals surface area (Å²) in [5.41, 5.74) is 6.57. The Balaban J connectivity index is 1.77. The van der Waals surface area contributed by atoms with Crippen molar-refractivity contribution in [2.75, 3.05) is 0 Å². The van der Waals surface area contributed by atoms with Gasteiger partial charge in [0, 0.05) is 11.1 Å². The number of carboxylic acids is 1. The number of rotatable bonds is 4. The van der Waals surface area contributed by atoms with Gasteiger partial charge in [-0.2, -0.15) is 0 Å². The first kappa shape index (κ1) is 18.0. The van der Waals surface area contributed by atoms with E-state index >= 15 is 0 Å². The molecule has 1 aromatic heterocycles. The zero-order valence-electron chi connectivity index (χ0n) is 16.2. The van der Waals surface area contributed by atoms with Gasteiger partial charge in [-0.05, 0) is 53.1 Å². The van der Waals surface area contributed by atoms with Gasteiger partial charge in [-0.25, -0.2) is 4.79 Å². The Bertz CT molecular complexity index is 1350. The van der Waals surface area contributed by atoms with Gasteiger partial charge in [0.1, 0.15) is 0 Å². The predicted molar refractivity (Wildman–Crippen MR) is 121 cm³/mol. The van der Waals surface area contributed by atoms with E-state index in [9.17, 15) is 9.90 Å². The fraction of sp³-hybridized carbons (Fsp3) is 0. The predicted octanol–water partition coefficient (Wildman–Crippen LogP) is 6.66. The maximum absolute atomic E-state index is 11.5. The molecule has 0 aliphatic heterocycles. The van der Waals surface area contributed by atoms with Gasteiger partial charge < -0.3 is 9.67 Å². The van der Waals surface area contributed by atoms with Crippen molar-refractivity contribution in [1.82, 2.24) is 4.57 Å². The van der Waals surface area contributed by atoms with Crippen LogP contribution in [0.4, 0.5) is 0 Å². The summed E-state index contributed by atoms with van der Waals surface area (Å²) in [5.74, 6) is -0.930. The summed E-state index contributed by atoms with van der Waals surface area (Å²) in [5, 5.41) is 10.6. The molecule has 0 amide bonds. The third-order valence-electron chi connectivity index (χ3n) is 5.33. The van der Waals surface area contributed by atoms with Crippen LogP contribution in [0.2, 0.25) is 0 Å². The van der Waals surface area contributed by atoms with E-state index in [2.05, 4.69) is 53.1 Å². The SMILES string of the molecule is O=C(O)c1cccc(-n2c(-c3ccccc3)cc3cc(-c4ccccc4)ccc32)c1. The molecule has 3 nitrogen and oxygen atoms in total. The zero-order valence-corrected chi connectivity index (χ0v) is 16.2. The molecule has 5 aromatic rings. The van der Waals surface area contributed by atoms with Crippen molar-refractivity contribution in [1.29, 1.82) is 0 Å². The van der Waals surface area contributed by atoms with Crippen LogP contribution in [0, 0.1) is 0 Å². The van der Waals surface area contributed by atoms with Gasteiger partial charge in [0.15, 0.2) is 0 Å². The molecule has 3 heteroatoms. The van der Waals surface area contributed by atoms with Crippen molar-refractivity contribution >= 4 is 16.9 Å². The normalized spacial score (nSPS) is 10.9. The van der Waals surface area contributed by atoms with E-state index in [1.54, 1.807) is 18.2 Å². The van der Waals surface area contributed by atoms with E-state index < -0.39 is 5.97 Å². The number of aromatic nitrogens is 1. The second-order valence-electron chi connectivity index (χ2n) is 7.23. The average molecular weight is 389 g/mol. The molecule has 0 spiro atoms. The molecule has 0 aliphatic rings. The van der Waals surface area contributed by atoms with E-state index in [-0.39, 0.29) is 5.56 Å². The number of benzene rings is 4. The molecule has 1 heterocycles. The van der Waals surface area contributed by atoms with Gasteiger partial charge in [-0.15, -0.1) is 0 Å². The Morgan fingerprint density at radius 1 is 0.633 bits per heavy atom. The van der Waals surface area contributed by atoms with E-state index in [1.165, 1.54) is 5.56 Å². The van der Waals surface area contributed by atoms with E-state index in [0.717, 1.165) is 33.4 Å². The summed E-state index contributed by atoms with van der Waals surface area (Å²) in [6.45, 7) is 0. The lowest BCUT2D eigenvalue weighted by Gasteiger charge is -2.12. The van der Waals surface area contributed by atoms with Crippen molar-refractivity contribution in [3.63, 3.8) is 0 Å². The van der Waals surface area contributed by atoms with Crippen LogP contribution in [0.5, 0.6) is 0 Å². The smallest absolute Gasteiger partial charge is 0.335 e. The molecule has 30 heavy (non-hydrogen) atoms. The van der Waals surface area contributed by atoms with Crippen LogP contribution in [0.25, 0.3) is 39.0 Å². The van der Waals surface area contributed by atoms with Crippen LogP contribution >= 0.6 is 0 Å². The summed E-state index contributed by atoms with van der Waals surface area (Å²) in [6, 6.07) is 36.1. The molecule has 5 rings (SSSR count). The van der Waals surface area contributed by atoms with E-state index in [0.29, 0.717) is 0 Å². The molecule has 1 N–H and O–H groups in total. The van der Waals surface area contributed by atoms with Gasteiger partial charge in [-0.1, -0.05) is 72.8 Å². The number of carboxylic acid groups (broad SMARTS) is 1. The van der Waals surface area contributed by atoms with Crippen LogP contribution in [0.1, 0.15) is 10.4 Å². The van der Waals surface area contributed by atoms with Crippen molar-refractivity contribution < 1.29 is 9.90 Å². The first-order chi connectivity index (χ1) is 14.7. The molecule has 0 saturated heterocycles. The minimum absolute atomic E-state index is 0.272. The third kappa shape index (κ3) is 3.16. The molecule has 0 saturated carbocycles. The molecule has 0 radical (unpaired) electrons. The number of hydrogen-bond donors (Lipinski definition) is 1. The number of aromatic carboxylic acids is 1. The van der Waals surface area contributed by atoms with Crippen LogP contribution in [0.15, 0.2) is 109 Å². The van der Waals surface area contributed by atoms with E-state index in [1.807, 2.05) is 42.5 Å².